The lowest BCUT2D eigenvalue weighted by atomic mass is 10.2. The summed E-state index contributed by atoms with van der Waals surface area (Å²) in [4.78, 5) is 17.4. The number of aromatic nitrogens is 2. The highest BCUT2D eigenvalue weighted by Crippen LogP contribution is 2.21. The van der Waals surface area contributed by atoms with E-state index in [4.69, 9.17) is 4.52 Å². The number of rotatable bonds is 6. The molecule has 0 aliphatic heterocycles. The van der Waals surface area contributed by atoms with Gasteiger partial charge >= 0.3 is 0 Å². The number of nitrogens with one attached hydrogen (secondary N) is 1. The lowest BCUT2D eigenvalue weighted by Crippen LogP contribution is -2.24. The van der Waals surface area contributed by atoms with Crippen LogP contribution in [0.5, 0.6) is 0 Å². The number of carbonyl (C=O) groups excluding carboxylic acids is 1. The molecule has 26 heavy (non-hydrogen) atoms. The number of nitrogens with zero attached hydrogens (tertiary/aromatic N) is 3. The van der Waals surface area contributed by atoms with Crippen LogP contribution in [-0.4, -0.2) is 42.9 Å². The Morgan fingerprint density at radius 2 is 1.96 bits per heavy atom. The summed E-state index contributed by atoms with van der Waals surface area (Å²) in [5.41, 5.74) is 0.334. The van der Waals surface area contributed by atoms with E-state index >= 15 is 0 Å². The smallest absolute Gasteiger partial charge is 0.251 e. The Hall–Kier alpha value is -2.56. The van der Waals surface area contributed by atoms with Gasteiger partial charge in [0.05, 0.1) is 16.3 Å². The highest BCUT2D eigenvalue weighted by Gasteiger charge is 2.18. The molecule has 2 heterocycles. The van der Waals surface area contributed by atoms with Gasteiger partial charge in [0, 0.05) is 19.7 Å². The molecule has 0 saturated heterocycles. The van der Waals surface area contributed by atoms with Crippen LogP contribution in [0.3, 0.4) is 0 Å². The largest absolute Gasteiger partial charge is 0.343 e. The summed E-state index contributed by atoms with van der Waals surface area (Å²) in [6, 6.07) is 9.46. The van der Waals surface area contributed by atoms with Crippen molar-refractivity contribution in [2.45, 2.75) is 11.4 Å². The van der Waals surface area contributed by atoms with E-state index in [9.17, 15) is 13.2 Å². The Kier molecular flexibility index (Phi) is 5.16. The second kappa shape index (κ2) is 7.36. The van der Waals surface area contributed by atoms with E-state index in [2.05, 4.69) is 15.5 Å². The van der Waals surface area contributed by atoms with Crippen molar-refractivity contribution in [3.05, 3.63) is 53.2 Å². The molecule has 0 unspecified atom stereocenters. The van der Waals surface area contributed by atoms with Crippen molar-refractivity contribution in [3.8, 4) is 10.7 Å². The molecule has 10 heteroatoms. The van der Waals surface area contributed by atoms with Crippen LogP contribution in [0.1, 0.15) is 16.2 Å². The van der Waals surface area contributed by atoms with Gasteiger partial charge in [0.2, 0.25) is 21.7 Å². The second-order valence-electron chi connectivity index (χ2n) is 5.48. The molecule has 0 aliphatic rings. The van der Waals surface area contributed by atoms with Crippen LogP contribution in [-0.2, 0) is 16.6 Å². The minimum Gasteiger partial charge on any atom is -0.343 e. The first-order valence-electron chi connectivity index (χ1n) is 7.55. The first-order chi connectivity index (χ1) is 12.4. The van der Waals surface area contributed by atoms with E-state index in [1.165, 1.54) is 49.7 Å². The molecule has 1 N–H and O–H groups in total. The summed E-state index contributed by atoms with van der Waals surface area (Å²) in [6.45, 7) is 0.0783. The molecular weight excluding hydrogens is 376 g/mol. The van der Waals surface area contributed by atoms with E-state index in [1.54, 1.807) is 0 Å². The third-order valence-electron chi connectivity index (χ3n) is 3.50. The molecule has 3 aromatic rings. The van der Waals surface area contributed by atoms with Crippen LogP contribution in [0, 0.1) is 0 Å². The highest BCUT2D eigenvalue weighted by molar-refractivity contribution is 7.89. The first-order valence-corrected chi connectivity index (χ1v) is 9.87. The number of amides is 1. The van der Waals surface area contributed by atoms with Gasteiger partial charge in [0.25, 0.3) is 5.91 Å². The molecular formula is C16H16N4O4S2. The van der Waals surface area contributed by atoms with Gasteiger partial charge in [-0.2, -0.15) is 4.98 Å². The van der Waals surface area contributed by atoms with E-state index in [1.807, 2.05) is 17.5 Å². The average molecular weight is 392 g/mol. The monoisotopic (exact) mass is 392 g/mol. The van der Waals surface area contributed by atoms with E-state index in [-0.39, 0.29) is 23.2 Å². The molecule has 8 nitrogen and oxygen atoms in total. The number of carbonyl (C=O) groups is 1. The summed E-state index contributed by atoms with van der Waals surface area (Å²) in [7, 11) is -0.626. The molecule has 2 aromatic heterocycles. The standard InChI is InChI=1S/C16H16N4O4S2/c1-20(2)26(22,23)12-7-5-11(6-8-12)16(21)17-10-14-18-15(19-24-14)13-4-3-9-25-13/h3-9H,10H2,1-2H3,(H,17,21). The lowest BCUT2D eigenvalue weighted by molar-refractivity contribution is 0.0946. The molecule has 3 rings (SSSR count). The summed E-state index contributed by atoms with van der Waals surface area (Å²) in [5, 5.41) is 8.44. The zero-order valence-corrected chi connectivity index (χ0v) is 15.7. The summed E-state index contributed by atoms with van der Waals surface area (Å²) < 4.78 is 30.3. The maximum Gasteiger partial charge on any atom is 0.251 e. The van der Waals surface area contributed by atoms with Crippen LogP contribution in [0.25, 0.3) is 10.7 Å². The molecule has 0 saturated carbocycles. The van der Waals surface area contributed by atoms with Gasteiger partial charge in [0.1, 0.15) is 0 Å². The fourth-order valence-corrected chi connectivity index (χ4v) is 3.63. The second-order valence-corrected chi connectivity index (χ2v) is 8.58. The van der Waals surface area contributed by atoms with Crippen molar-refractivity contribution in [1.29, 1.82) is 0 Å². The van der Waals surface area contributed by atoms with Crippen LogP contribution in [0.2, 0.25) is 0 Å². The van der Waals surface area contributed by atoms with Crippen LogP contribution >= 0.6 is 11.3 Å². The van der Waals surface area contributed by atoms with Crippen LogP contribution in [0.15, 0.2) is 51.2 Å². The molecule has 0 atom stereocenters. The van der Waals surface area contributed by atoms with Gasteiger partial charge in [-0.3, -0.25) is 4.79 Å². The zero-order chi connectivity index (χ0) is 18.7. The molecule has 1 amide bonds. The van der Waals surface area contributed by atoms with Gasteiger partial charge < -0.3 is 9.84 Å². The van der Waals surface area contributed by atoms with Gasteiger partial charge in [-0.05, 0) is 35.7 Å². The predicted octanol–water partition coefficient (Wildman–Crippen LogP) is 1.98. The van der Waals surface area contributed by atoms with Crippen molar-refractivity contribution in [1.82, 2.24) is 19.8 Å². The van der Waals surface area contributed by atoms with Crippen molar-refractivity contribution in [2.24, 2.45) is 0 Å². The van der Waals surface area contributed by atoms with E-state index in [0.717, 1.165) is 9.18 Å². The van der Waals surface area contributed by atoms with Crippen LogP contribution in [0.4, 0.5) is 0 Å². The Bertz CT molecular complexity index is 993. The third kappa shape index (κ3) is 3.82. The fourth-order valence-electron chi connectivity index (χ4n) is 2.08. The number of sulfonamides is 1. The topological polar surface area (TPSA) is 105 Å². The number of benzene rings is 1. The Morgan fingerprint density at radius 1 is 1.23 bits per heavy atom. The molecule has 1 aromatic carbocycles. The normalized spacial score (nSPS) is 11.7. The van der Waals surface area contributed by atoms with E-state index < -0.39 is 10.0 Å². The third-order valence-corrected chi connectivity index (χ3v) is 6.20. The Morgan fingerprint density at radius 3 is 2.58 bits per heavy atom. The number of thiophene rings is 1. The van der Waals surface area contributed by atoms with E-state index in [0.29, 0.717) is 11.4 Å². The summed E-state index contributed by atoms with van der Waals surface area (Å²) in [6.07, 6.45) is 0. The van der Waals surface area contributed by atoms with Crippen molar-refractivity contribution in [3.63, 3.8) is 0 Å². The molecule has 0 radical (unpaired) electrons. The number of hydrogen-bond donors (Lipinski definition) is 1. The predicted molar refractivity (Wildman–Crippen MR) is 96.1 cm³/mol. The van der Waals surface area contributed by atoms with Gasteiger partial charge in [-0.25, -0.2) is 12.7 Å². The maximum absolute atomic E-state index is 12.2. The summed E-state index contributed by atoms with van der Waals surface area (Å²) in [5.74, 6) is 0.394. The molecule has 136 valence electrons. The summed E-state index contributed by atoms with van der Waals surface area (Å²) >= 11 is 1.49. The molecule has 0 aliphatic carbocycles. The average Bonchev–Trinajstić information content (AvgIpc) is 3.31. The van der Waals surface area contributed by atoms with Crippen LogP contribution < -0.4 is 5.32 Å². The van der Waals surface area contributed by atoms with Crippen molar-refractivity contribution >= 4 is 27.3 Å². The minimum absolute atomic E-state index is 0.0783. The number of hydrogen-bond acceptors (Lipinski definition) is 7. The van der Waals surface area contributed by atoms with Gasteiger partial charge in [-0.1, -0.05) is 11.2 Å². The molecule has 0 spiro atoms. The SMILES string of the molecule is CN(C)S(=O)(=O)c1ccc(C(=O)NCc2nc(-c3cccs3)no2)cc1. The highest BCUT2D eigenvalue weighted by atomic mass is 32.2. The maximum atomic E-state index is 12.2. The first kappa shape index (κ1) is 18.2. The van der Waals surface area contributed by atoms with Gasteiger partial charge in [-0.15, -0.1) is 11.3 Å². The van der Waals surface area contributed by atoms with Crippen molar-refractivity contribution in [2.75, 3.05) is 14.1 Å². The minimum atomic E-state index is -3.52. The fraction of sp³-hybridized carbons (Fsp3) is 0.188. The quantitative estimate of drug-likeness (QED) is 0.688. The Labute approximate surface area is 154 Å². The zero-order valence-electron chi connectivity index (χ0n) is 14.0. The lowest BCUT2D eigenvalue weighted by Gasteiger charge is -2.11. The molecule has 0 fully saturated rings. The van der Waals surface area contributed by atoms with Crippen molar-refractivity contribution < 1.29 is 17.7 Å². The Balaban J connectivity index is 1.64. The van der Waals surface area contributed by atoms with Gasteiger partial charge in [0.15, 0.2) is 0 Å². The molecule has 0 bridgehead atoms.